The molecule has 3 rings (SSSR count). The van der Waals surface area contributed by atoms with Crippen LogP contribution in [-0.4, -0.2) is 48.5 Å². The van der Waals surface area contributed by atoms with Gasteiger partial charge in [0.05, 0.1) is 11.1 Å². The van der Waals surface area contributed by atoms with Gasteiger partial charge in [-0.05, 0) is 77.5 Å². The summed E-state index contributed by atoms with van der Waals surface area (Å²) in [5.41, 5.74) is -3.80. The van der Waals surface area contributed by atoms with E-state index in [0.29, 0.717) is 12.6 Å². The maximum atomic E-state index is 13.8. The number of hydrogen-bond acceptors (Lipinski definition) is 4. The summed E-state index contributed by atoms with van der Waals surface area (Å²) in [6, 6.07) is 2.43. The largest absolute Gasteiger partial charge is 0.417 e. The first-order valence-electron chi connectivity index (χ1n) is 11.9. The Morgan fingerprint density at radius 3 is 2.24 bits per heavy atom. The van der Waals surface area contributed by atoms with Crippen molar-refractivity contribution in [3.63, 3.8) is 0 Å². The van der Waals surface area contributed by atoms with Crippen LogP contribution >= 0.6 is 0 Å². The second-order valence-corrected chi connectivity index (χ2v) is 9.34. The molecule has 2 aromatic rings. The van der Waals surface area contributed by atoms with E-state index in [2.05, 4.69) is 15.2 Å². The Morgan fingerprint density at radius 1 is 1.08 bits per heavy atom. The summed E-state index contributed by atoms with van der Waals surface area (Å²) in [7, 11) is 1.97. The average molecular weight is 533 g/mol. The first-order chi connectivity index (χ1) is 17.1. The van der Waals surface area contributed by atoms with Crippen molar-refractivity contribution in [2.45, 2.75) is 58.6 Å². The third-order valence-electron chi connectivity index (χ3n) is 6.73. The van der Waals surface area contributed by atoms with Crippen molar-refractivity contribution >= 4 is 11.6 Å². The van der Waals surface area contributed by atoms with Crippen molar-refractivity contribution in [1.29, 1.82) is 0 Å². The number of rotatable bonds is 6. The molecule has 12 heteroatoms. The molecule has 2 N–H and O–H groups in total. The number of alkyl halides is 6. The van der Waals surface area contributed by atoms with E-state index in [4.69, 9.17) is 0 Å². The molecule has 0 unspecified atom stereocenters. The van der Waals surface area contributed by atoms with E-state index in [1.807, 2.05) is 18.9 Å². The second kappa shape index (κ2) is 10.8. The summed E-state index contributed by atoms with van der Waals surface area (Å²) in [5.74, 6) is -1.00. The molecule has 37 heavy (non-hydrogen) atoms. The molecule has 1 saturated heterocycles. The van der Waals surface area contributed by atoms with Crippen molar-refractivity contribution in [3.05, 3.63) is 62.1 Å². The highest BCUT2D eigenvalue weighted by Crippen LogP contribution is 2.37. The van der Waals surface area contributed by atoms with Crippen LogP contribution in [0.5, 0.6) is 0 Å². The molecule has 0 atom stereocenters. The maximum absolute atomic E-state index is 13.8. The Balaban J connectivity index is 2.00. The Kier molecular flexibility index (Phi) is 8.31. The van der Waals surface area contributed by atoms with Gasteiger partial charge in [-0.25, -0.2) is 0 Å². The van der Waals surface area contributed by atoms with Gasteiger partial charge < -0.3 is 20.1 Å². The maximum Gasteiger partial charge on any atom is 0.417 e. The second-order valence-electron chi connectivity index (χ2n) is 9.34. The number of carbonyl (C=O) groups is 1. The van der Waals surface area contributed by atoms with Gasteiger partial charge in [-0.15, -0.1) is 0 Å². The van der Waals surface area contributed by atoms with Crippen molar-refractivity contribution in [2.24, 2.45) is 0 Å². The van der Waals surface area contributed by atoms with Crippen LogP contribution in [-0.2, 0) is 18.9 Å². The number of pyridine rings is 1. The normalized spacial score (nSPS) is 15.6. The summed E-state index contributed by atoms with van der Waals surface area (Å²) < 4.78 is 81.9. The smallest absolute Gasteiger partial charge is 0.368 e. The molecule has 0 radical (unpaired) electrons. The van der Waals surface area contributed by atoms with Crippen LogP contribution in [0.15, 0.2) is 23.0 Å². The minimum atomic E-state index is -4.85. The van der Waals surface area contributed by atoms with Gasteiger partial charge >= 0.3 is 12.4 Å². The molecule has 0 saturated carbocycles. The average Bonchev–Trinajstić information content (AvgIpc) is 2.79. The van der Waals surface area contributed by atoms with E-state index >= 15 is 0 Å². The van der Waals surface area contributed by atoms with Crippen LogP contribution < -0.4 is 15.8 Å². The van der Waals surface area contributed by atoms with Gasteiger partial charge in [0.15, 0.2) is 0 Å². The predicted octanol–water partition coefficient (Wildman–Crippen LogP) is 4.88. The number of nitrogens with zero attached hydrogens (tertiary/aromatic N) is 2. The molecule has 6 nitrogen and oxygen atoms in total. The Bertz CT molecular complexity index is 1200. The van der Waals surface area contributed by atoms with Crippen molar-refractivity contribution in [3.8, 4) is 0 Å². The molecule has 1 amide bonds. The molecule has 1 aliphatic rings. The molecule has 1 aromatic heterocycles. The van der Waals surface area contributed by atoms with Crippen LogP contribution in [0.3, 0.4) is 0 Å². The van der Waals surface area contributed by atoms with Crippen molar-refractivity contribution < 1.29 is 31.1 Å². The van der Waals surface area contributed by atoms with Crippen LogP contribution in [0.2, 0.25) is 0 Å². The summed E-state index contributed by atoms with van der Waals surface area (Å²) in [5, 5.41) is 2.23. The predicted molar refractivity (Wildman–Crippen MR) is 128 cm³/mol. The summed E-state index contributed by atoms with van der Waals surface area (Å²) >= 11 is 0. The number of anilines is 1. The Labute approximate surface area is 210 Å². The lowest BCUT2D eigenvalue weighted by molar-refractivity contribution is -0.139. The van der Waals surface area contributed by atoms with Gasteiger partial charge in [0.2, 0.25) is 0 Å². The fourth-order valence-corrected chi connectivity index (χ4v) is 4.74. The molecule has 0 bridgehead atoms. The van der Waals surface area contributed by atoms with Crippen LogP contribution in [0, 0.1) is 13.8 Å². The van der Waals surface area contributed by atoms with Gasteiger partial charge in [-0.3, -0.25) is 9.59 Å². The number of aromatic nitrogens is 1. The minimum absolute atomic E-state index is 0.0145. The number of halogens is 6. The summed E-state index contributed by atoms with van der Waals surface area (Å²) in [6.07, 6.45) is -8.13. The summed E-state index contributed by atoms with van der Waals surface area (Å²) in [4.78, 5) is 31.5. The molecule has 2 heterocycles. The minimum Gasteiger partial charge on any atom is -0.368 e. The Hall–Kier alpha value is -3.02. The molecular weight excluding hydrogens is 502 g/mol. The number of aryl methyl sites for hydroxylation is 1. The van der Waals surface area contributed by atoms with Gasteiger partial charge in [-0.1, -0.05) is 0 Å². The number of hydrogen-bond donors (Lipinski definition) is 2. The first-order valence-corrected chi connectivity index (χ1v) is 11.9. The highest BCUT2D eigenvalue weighted by atomic mass is 19.4. The van der Waals surface area contributed by atoms with Crippen LogP contribution in [0.4, 0.5) is 32.0 Å². The standard InChI is InChI=1S/C25H30F6N4O2/c1-5-35(17-6-8-34(4)9-7-17)21-12-16(24(26,27)28)11-18(15(21)3)22(36)32-13-19-20(25(29,30)31)10-14(2)33-23(19)37/h10-12,17H,5-9,13H2,1-4H3,(H,32,36)(H,33,37). The van der Waals surface area contributed by atoms with Crippen molar-refractivity contribution in [1.82, 2.24) is 15.2 Å². The third-order valence-corrected chi connectivity index (χ3v) is 6.73. The molecule has 204 valence electrons. The third kappa shape index (κ3) is 6.46. The number of aromatic amines is 1. The first kappa shape index (κ1) is 28.5. The zero-order valence-corrected chi connectivity index (χ0v) is 21.0. The number of amides is 1. The SMILES string of the molecule is CCN(c1cc(C(F)(F)F)cc(C(=O)NCc2c(C(F)(F)F)cc(C)[nH]c2=O)c1C)C1CCN(C)CC1. The lowest BCUT2D eigenvalue weighted by atomic mass is 9.97. The van der Waals surface area contributed by atoms with E-state index in [9.17, 15) is 35.9 Å². The molecule has 1 fully saturated rings. The number of carbonyl (C=O) groups excluding carboxylic acids is 1. The van der Waals surface area contributed by atoms with Crippen LogP contribution in [0.25, 0.3) is 0 Å². The van der Waals surface area contributed by atoms with Gasteiger partial charge in [0.25, 0.3) is 11.5 Å². The zero-order chi connectivity index (χ0) is 27.7. The van der Waals surface area contributed by atoms with Crippen LogP contribution in [0.1, 0.15) is 58.1 Å². The molecule has 1 aromatic carbocycles. The number of H-pyrrole nitrogens is 1. The van der Waals surface area contributed by atoms with Gasteiger partial charge in [-0.2, -0.15) is 26.3 Å². The highest BCUT2D eigenvalue weighted by Gasteiger charge is 2.36. The van der Waals surface area contributed by atoms with Gasteiger partial charge in [0, 0.05) is 41.6 Å². The number of likely N-dealkylation sites (tertiary alicyclic amines) is 1. The molecule has 1 aliphatic heterocycles. The van der Waals surface area contributed by atoms with E-state index in [0.717, 1.165) is 38.1 Å². The zero-order valence-electron chi connectivity index (χ0n) is 21.0. The molecule has 0 aliphatic carbocycles. The van der Waals surface area contributed by atoms with E-state index in [1.165, 1.54) is 13.8 Å². The summed E-state index contributed by atoms with van der Waals surface area (Å²) in [6.45, 7) is 5.78. The van der Waals surface area contributed by atoms with E-state index < -0.39 is 47.1 Å². The lowest BCUT2D eigenvalue weighted by Crippen LogP contribution is -2.44. The fourth-order valence-electron chi connectivity index (χ4n) is 4.74. The number of nitrogens with one attached hydrogen (secondary N) is 2. The molecular formula is C25H30F6N4O2. The van der Waals surface area contributed by atoms with E-state index in [1.54, 1.807) is 0 Å². The Morgan fingerprint density at radius 2 is 1.70 bits per heavy atom. The number of benzene rings is 1. The fraction of sp³-hybridized carbons (Fsp3) is 0.520. The van der Waals surface area contributed by atoms with Gasteiger partial charge in [0.1, 0.15) is 0 Å². The lowest BCUT2D eigenvalue weighted by Gasteiger charge is -2.39. The highest BCUT2D eigenvalue weighted by molar-refractivity contribution is 5.97. The number of piperidine rings is 1. The quantitative estimate of drug-likeness (QED) is 0.521. The van der Waals surface area contributed by atoms with Crippen molar-refractivity contribution in [2.75, 3.05) is 31.6 Å². The van der Waals surface area contributed by atoms with E-state index in [-0.39, 0.29) is 28.6 Å². The molecule has 0 spiro atoms. The monoisotopic (exact) mass is 532 g/mol. The topological polar surface area (TPSA) is 68.4 Å².